The predicted molar refractivity (Wildman–Crippen MR) is 131 cm³/mol. The van der Waals surface area contributed by atoms with E-state index in [0.29, 0.717) is 19.6 Å². The van der Waals surface area contributed by atoms with Crippen LogP contribution in [0.25, 0.3) is 11.3 Å². The van der Waals surface area contributed by atoms with Crippen molar-refractivity contribution in [1.82, 2.24) is 25.3 Å². The van der Waals surface area contributed by atoms with Crippen LogP contribution in [-0.4, -0.2) is 45.5 Å². The molecule has 1 unspecified atom stereocenters. The normalized spacial score (nSPS) is 17.8. The van der Waals surface area contributed by atoms with Crippen LogP contribution in [0.15, 0.2) is 53.3 Å². The van der Waals surface area contributed by atoms with Crippen molar-refractivity contribution in [2.24, 2.45) is 5.92 Å². The van der Waals surface area contributed by atoms with Gasteiger partial charge in [0, 0.05) is 31.3 Å². The number of piperidine rings is 1. The van der Waals surface area contributed by atoms with E-state index in [0.717, 1.165) is 73.4 Å². The van der Waals surface area contributed by atoms with Crippen LogP contribution in [0.1, 0.15) is 36.9 Å². The van der Waals surface area contributed by atoms with Crippen molar-refractivity contribution < 1.29 is 4.79 Å². The summed E-state index contributed by atoms with van der Waals surface area (Å²) in [6.07, 6.45) is 5.87. The number of anilines is 1. The van der Waals surface area contributed by atoms with E-state index >= 15 is 0 Å². The lowest BCUT2D eigenvalue weighted by Gasteiger charge is -2.32. The number of nitrogens with one attached hydrogen (secondary N) is 1. The molecule has 3 heterocycles. The van der Waals surface area contributed by atoms with E-state index in [1.54, 1.807) is 6.07 Å². The van der Waals surface area contributed by atoms with Gasteiger partial charge in [0.15, 0.2) is 5.82 Å². The van der Waals surface area contributed by atoms with Crippen molar-refractivity contribution in [1.29, 1.82) is 0 Å². The Bertz CT molecular complexity index is 1190. The number of rotatable bonds is 6. The van der Waals surface area contributed by atoms with E-state index < -0.39 is 0 Å². The Hall–Kier alpha value is -3.55. The summed E-state index contributed by atoms with van der Waals surface area (Å²) in [4.78, 5) is 27.3. The second-order valence-electron chi connectivity index (χ2n) is 9.10. The molecule has 2 aromatic heterocycles. The number of carbonyl (C=O) groups is 1. The number of hydrogen-bond donors (Lipinski definition) is 1. The van der Waals surface area contributed by atoms with Crippen LogP contribution in [0, 0.1) is 5.92 Å². The molecule has 1 saturated heterocycles. The van der Waals surface area contributed by atoms with Gasteiger partial charge < -0.3 is 10.2 Å². The lowest BCUT2D eigenvalue weighted by atomic mass is 9.97. The third kappa shape index (κ3) is 5.00. The summed E-state index contributed by atoms with van der Waals surface area (Å²) in [5, 5.41) is 16.3. The van der Waals surface area contributed by atoms with Crippen LogP contribution in [0.4, 0.5) is 5.82 Å². The highest BCUT2D eigenvalue weighted by atomic mass is 16.2. The maximum atomic E-state index is 12.8. The molecular formula is C26H30N6O2. The molecular weight excluding hydrogens is 428 g/mol. The first-order valence-electron chi connectivity index (χ1n) is 12.2. The number of carbonyl (C=O) groups excluding carboxylic acids is 1. The minimum atomic E-state index is -0.113. The number of aryl methyl sites for hydroxylation is 2. The maximum absolute atomic E-state index is 12.8. The molecule has 0 radical (unpaired) electrons. The highest BCUT2D eigenvalue weighted by Crippen LogP contribution is 2.23. The number of hydrogen-bond acceptors (Lipinski definition) is 6. The molecule has 1 aromatic carbocycles. The first kappa shape index (κ1) is 22.3. The Morgan fingerprint density at radius 3 is 2.71 bits per heavy atom. The van der Waals surface area contributed by atoms with Crippen LogP contribution < -0.4 is 15.8 Å². The number of fused-ring (bicyclic) bond motifs is 1. The SMILES string of the molecule is O=C(NCCn1nc2c(cc1=O)CCCC2)C1CCCN(c2ccc(-c3ccccc3)nn2)C1. The van der Waals surface area contributed by atoms with Gasteiger partial charge in [0.25, 0.3) is 5.56 Å². The second-order valence-corrected chi connectivity index (χ2v) is 9.10. The number of nitrogens with zero attached hydrogens (tertiary/aromatic N) is 5. The van der Waals surface area contributed by atoms with Crippen LogP contribution in [0.3, 0.4) is 0 Å². The summed E-state index contributed by atoms with van der Waals surface area (Å²) in [7, 11) is 0. The molecule has 0 saturated carbocycles. The molecule has 0 spiro atoms. The fourth-order valence-corrected chi connectivity index (χ4v) is 4.85. The van der Waals surface area contributed by atoms with E-state index in [9.17, 15) is 9.59 Å². The van der Waals surface area contributed by atoms with E-state index in [1.807, 2.05) is 42.5 Å². The van der Waals surface area contributed by atoms with Gasteiger partial charge in [-0.1, -0.05) is 30.3 Å². The topological polar surface area (TPSA) is 93.0 Å². The summed E-state index contributed by atoms with van der Waals surface area (Å²) < 4.78 is 1.49. The summed E-state index contributed by atoms with van der Waals surface area (Å²) in [6.45, 7) is 2.26. The van der Waals surface area contributed by atoms with Gasteiger partial charge >= 0.3 is 0 Å². The molecule has 1 aliphatic heterocycles. The molecule has 176 valence electrons. The smallest absolute Gasteiger partial charge is 0.267 e. The van der Waals surface area contributed by atoms with Crippen LogP contribution in [-0.2, 0) is 24.2 Å². The van der Waals surface area contributed by atoms with E-state index in [1.165, 1.54) is 4.68 Å². The van der Waals surface area contributed by atoms with E-state index in [4.69, 9.17) is 0 Å². The highest BCUT2D eigenvalue weighted by Gasteiger charge is 2.26. The van der Waals surface area contributed by atoms with Crippen LogP contribution in [0.5, 0.6) is 0 Å². The highest BCUT2D eigenvalue weighted by molar-refractivity contribution is 5.79. The Morgan fingerprint density at radius 2 is 1.88 bits per heavy atom. The van der Waals surface area contributed by atoms with Gasteiger partial charge in [-0.2, -0.15) is 5.10 Å². The lowest BCUT2D eigenvalue weighted by molar-refractivity contribution is -0.125. The Kier molecular flexibility index (Phi) is 6.65. The fourth-order valence-electron chi connectivity index (χ4n) is 4.85. The van der Waals surface area contributed by atoms with Gasteiger partial charge in [-0.25, -0.2) is 4.68 Å². The molecule has 0 bridgehead atoms. The Morgan fingerprint density at radius 1 is 1.03 bits per heavy atom. The lowest BCUT2D eigenvalue weighted by Crippen LogP contribution is -2.44. The third-order valence-electron chi connectivity index (χ3n) is 6.73. The summed E-state index contributed by atoms with van der Waals surface area (Å²) in [6, 6.07) is 15.6. The van der Waals surface area contributed by atoms with Gasteiger partial charge in [-0.05, 0) is 56.2 Å². The molecule has 2 aliphatic rings. The molecule has 8 nitrogen and oxygen atoms in total. The zero-order chi connectivity index (χ0) is 23.3. The van der Waals surface area contributed by atoms with Crippen molar-refractivity contribution in [3.05, 3.63) is 70.1 Å². The predicted octanol–water partition coefficient (Wildman–Crippen LogP) is 2.61. The van der Waals surface area contributed by atoms with E-state index in [-0.39, 0.29) is 17.4 Å². The van der Waals surface area contributed by atoms with Crippen molar-refractivity contribution in [2.45, 2.75) is 45.1 Å². The minimum Gasteiger partial charge on any atom is -0.354 e. The van der Waals surface area contributed by atoms with Gasteiger partial charge in [-0.3, -0.25) is 9.59 Å². The summed E-state index contributed by atoms with van der Waals surface area (Å²) >= 11 is 0. The first-order valence-corrected chi connectivity index (χ1v) is 12.2. The molecule has 34 heavy (non-hydrogen) atoms. The average Bonchev–Trinajstić information content (AvgIpc) is 2.89. The standard InChI is InChI=1S/C26H30N6O2/c33-25-17-20-9-4-5-11-23(20)30-32(25)16-14-27-26(34)21-10-6-15-31(18-21)24-13-12-22(28-29-24)19-7-2-1-3-8-19/h1-3,7-8,12-13,17,21H,4-6,9-11,14-16,18H2,(H,27,34). The molecule has 8 heteroatoms. The maximum Gasteiger partial charge on any atom is 0.267 e. The van der Waals surface area contributed by atoms with Gasteiger partial charge in [0.2, 0.25) is 5.91 Å². The summed E-state index contributed by atoms with van der Waals surface area (Å²) in [5.74, 6) is 0.698. The second kappa shape index (κ2) is 10.2. The fraction of sp³-hybridized carbons (Fsp3) is 0.423. The van der Waals surface area contributed by atoms with Crippen LogP contribution in [0.2, 0.25) is 0 Å². The zero-order valence-corrected chi connectivity index (χ0v) is 19.3. The zero-order valence-electron chi connectivity index (χ0n) is 19.3. The Balaban J connectivity index is 1.16. The Labute approximate surface area is 199 Å². The van der Waals surface area contributed by atoms with Crippen LogP contribution >= 0.6 is 0 Å². The summed E-state index contributed by atoms with van der Waals surface area (Å²) in [5.41, 5.74) is 3.89. The first-order chi connectivity index (χ1) is 16.7. The average molecular weight is 459 g/mol. The third-order valence-corrected chi connectivity index (χ3v) is 6.73. The van der Waals surface area contributed by atoms with Crippen molar-refractivity contribution in [2.75, 3.05) is 24.5 Å². The largest absolute Gasteiger partial charge is 0.354 e. The number of benzene rings is 1. The monoisotopic (exact) mass is 458 g/mol. The minimum absolute atomic E-state index is 0.0181. The van der Waals surface area contributed by atoms with Gasteiger partial charge in [0.1, 0.15) is 0 Å². The number of amides is 1. The molecule has 5 rings (SSSR count). The molecule has 3 aromatic rings. The molecule has 1 atom stereocenters. The van der Waals surface area contributed by atoms with Crippen molar-refractivity contribution >= 4 is 11.7 Å². The van der Waals surface area contributed by atoms with E-state index in [2.05, 4.69) is 25.5 Å². The van der Waals surface area contributed by atoms with Gasteiger partial charge in [0.05, 0.1) is 23.9 Å². The quantitative estimate of drug-likeness (QED) is 0.610. The molecule has 1 amide bonds. The molecule has 1 aliphatic carbocycles. The number of aromatic nitrogens is 4. The van der Waals surface area contributed by atoms with Crippen molar-refractivity contribution in [3.8, 4) is 11.3 Å². The van der Waals surface area contributed by atoms with Gasteiger partial charge in [-0.15, -0.1) is 10.2 Å². The molecule has 1 N–H and O–H groups in total. The molecule has 1 fully saturated rings. The van der Waals surface area contributed by atoms with Crippen molar-refractivity contribution in [3.63, 3.8) is 0 Å².